The number of methoxy groups -OCH3 is 3. The van der Waals surface area contributed by atoms with Gasteiger partial charge in [0.2, 0.25) is 5.95 Å². The van der Waals surface area contributed by atoms with Crippen molar-refractivity contribution in [3.8, 4) is 28.5 Å². The third kappa shape index (κ3) is 4.40. The Kier molecular flexibility index (Phi) is 6.11. The fourth-order valence-corrected chi connectivity index (χ4v) is 2.72. The van der Waals surface area contributed by atoms with E-state index in [9.17, 15) is 4.79 Å². The topological polar surface area (TPSA) is 98.4 Å². The number of aromatic nitrogens is 3. The van der Waals surface area contributed by atoms with Crippen LogP contribution in [0.5, 0.6) is 17.2 Å². The largest absolute Gasteiger partial charge is 0.497 e. The molecule has 3 aromatic rings. The Morgan fingerprint density at radius 3 is 2.32 bits per heavy atom. The fraction of sp³-hybridized carbons (Fsp3) is 0.250. The van der Waals surface area contributed by atoms with Gasteiger partial charge in [0.1, 0.15) is 5.75 Å². The molecular weight excluding hydrogens is 360 g/mol. The fourth-order valence-electron chi connectivity index (χ4n) is 2.72. The average molecular weight is 382 g/mol. The lowest BCUT2D eigenvalue weighted by Gasteiger charge is -2.10. The summed E-state index contributed by atoms with van der Waals surface area (Å²) in [6.07, 6.45) is 0.713. The van der Waals surface area contributed by atoms with E-state index in [0.717, 1.165) is 5.56 Å². The molecule has 0 unspecified atom stereocenters. The molecule has 0 aliphatic rings. The van der Waals surface area contributed by atoms with Crippen molar-refractivity contribution in [1.82, 2.24) is 15.2 Å². The highest BCUT2D eigenvalue weighted by atomic mass is 16.5. The number of anilines is 1. The predicted molar refractivity (Wildman–Crippen MR) is 106 cm³/mol. The average Bonchev–Trinajstić information content (AvgIpc) is 2.74. The molecule has 0 amide bonds. The van der Waals surface area contributed by atoms with Crippen LogP contribution in [0.15, 0.2) is 47.3 Å². The molecule has 0 fully saturated rings. The van der Waals surface area contributed by atoms with Crippen LogP contribution in [0.3, 0.4) is 0 Å². The van der Waals surface area contributed by atoms with Gasteiger partial charge in [-0.05, 0) is 48.4 Å². The zero-order valence-corrected chi connectivity index (χ0v) is 16.0. The smallest absolute Gasteiger partial charge is 0.279 e. The summed E-state index contributed by atoms with van der Waals surface area (Å²) in [5.74, 6) is 2.39. The van der Waals surface area contributed by atoms with Crippen LogP contribution in [0.25, 0.3) is 11.3 Å². The molecule has 0 saturated heterocycles. The molecule has 0 radical (unpaired) electrons. The third-order valence-corrected chi connectivity index (χ3v) is 4.21. The van der Waals surface area contributed by atoms with Crippen molar-refractivity contribution in [2.75, 3.05) is 33.2 Å². The Hall–Kier alpha value is -3.55. The minimum Gasteiger partial charge on any atom is -0.497 e. The number of H-pyrrole nitrogens is 1. The van der Waals surface area contributed by atoms with E-state index in [-0.39, 0.29) is 11.3 Å². The van der Waals surface area contributed by atoms with Crippen LogP contribution in [-0.4, -0.2) is 43.1 Å². The predicted octanol–water partition coefficient (Wildman–Crippen LogP) is 2.51. The molecule has 146 valence electrons. The number of nitrogens with zero attached hydrogens (tertiary/aromatic N) is 2. The lowest BCUT2D eigenvalue weighted by Crippen LogP contribution is -2.18. The van der Waals surface area contributed by atoms with Crippen molar-refractivity contribution in [3.05, 3.63) is 58.4 Å². The van der Waals surface area contributed by atoms with Gasteiger partial charge in [-0.25, -0.2) is 0 Å². The second-order valence-corrected chi connectivity index (χ2v) is 5.95. The molecule has 8 heteroatoms. The van der Waals surface area contributed by atoms with E-state index in [1.807, 2.05) is 18.2 Å². The number of rotatable bonds is 8. The summed E-state index contributed by atoms with van der Waals surface area (Å²) in [6.45, 7) is 0.571. The van der Waals surface area contributed by atoms with Crippen LogP contribution >= 0.6 is 0 Å². The molecule has 0 atom stereocenters. The van der Waals surface area contributed by atoms with Gasteiger partial charge in [-0.1, -0.05) is 6.07 Å². The van der Waals surface area contributed by atoms with Crippen molar-refractivity contribution in [2.45, 2.75) is 6.42 Å². The summed E-state index contributed by atoms with van der Waals surface area (Å²) in [7, 11) is 4.79. The van der Waals surface area contributed by atoms with Gasteiger partial charge in [0.15, 0.2) is 17.2 Å². The number of ether oxygens (including phenoxy) is 3. The molecule has 0 saturated carbocycles. The summed E-state index contributed by atoms with van der Waals surface area (Å²) in [4.78, 5) is 15.0. The SMILES string of the molecule is COc1ccc(-c2nnc(NCCc3ccc(OC)c(OC)c3)[nH]c2=O)cc1. The normalized spacial score (nSPS) is 10.4. The summed E-state index contributed by atoms with van der Waals surface area (Å²) in [5, 5.41) is 11.2. The molecule has 1 heterocycles. The van der Waals surface area contributed by atoms with Gasteiger partial charge in [0.25, 0.3) is 5.56 Å². The van der Waals surface area contributed by atoms with Crippen molar-refractivity contribution in [2.24, 2.45) is 0 Å². The number of hydrogen-bond acceptors (Lipinski definition) is 7. The minimum atomic E-state index is -0.311. The maximum Gasteiger partial charge on any atom is 0.279 e. The molecule has 0 bridgehead atoms. The van der Waals surface area contributed by atoms with Gasteiger partial charge in [0, 0.05) is 12.1 Å². The lowest BCUT2D eigenvalue weighted by atomic mass is 10.1. The first-order chi connectivity index (χ1) is 13.6. The third-order valence-electron chi connectivity index (χ3n) is 4.21. The van der Waals surface area contributed by atoms with E-state index < -0.39 is 0 Å². The Bertz CT molecular complexity index is 986. The van der Waals surface area contributed by atoms with Crippen LogP contribution in [0.4, 0.5) is 5.95 Å². The van der Waals surface area contributed by atoms with Gasteiger partial charge in [-0.2, -0.15) is 0 Å². The number of nitrogens with one attached hydrogen (secondary N) is 2. The minimum absolute atomic E-state index is 0.257. The molecular formula is C20H22N4O4. The van der Waals surface area contributed by atoms with Gasteiger partial charge < -0.3 is 19.5 Å². The number of benzene rings is 2. The highest BCUT2D eigenvalue weighted by Gasteiger charge is 2.08. The zero-order valence-electron chi connectivity index (χ0n) is 16.0. The number of hydrogen-bond donors (Lipinski definition) is 2. The Morgan fingerprint density at radius 1 is 0.929 bits per heavy atom. The van der Waals surface area contributed by atoms with E-state index in [1.54, 1.807) is 45.6 Å². The second-order valence-electron chi connectivity index (χ2n) is 5.95. The van der Waals surface area contributed by atoms with E-state index in [1.165, 1.54) is 0 Å². The van der Waals surface area contributed by atoms with Crippen LogP contribution in [0.2, 0.25) is 0 Å². The maximum absolute atomic E-state index is 12.3. The van der Waals surface area contributed by atoms with Crippen LogP contribution in [0.1, 0.15) is 5.56 Å². The van der Waals surface area contributed by atoms with Crippen molar-refractivity contribution in [3.63, 3.8) is 0 Å². The molecule has 2 N–H and O–H groups in total. The molecule has 1 aromatic heterocycles. The first kappa shape index (κ1) is 19.2. The number of aromatic amines is 1. The summed E-state index contributed by atoms with van der Waals surface area (Å²) in [5.41, 5.74) is 1.68. The van der Waals surface area contributed by atoms with Gasteiger partial charge in [0.05, 0.1) is 21.3 Å². The van der Waals surface area contributed by atoms with Crippen molar-refractivity contribution < 1.29 is 14.2 Å². The van der Waals surface area contributed by atoms with Gasteiger partial charge >= 0.3 is 0 Å². The first-order valence-electron chi connectivity index (χ1n) is 8.70. The highest BCUT2D eigenvalue weighted by Crippen LogP contribution is 2.27. The molecule has 28 heavy (non-hydrogen) atoms. The van der Waals surface area contributed by atoms with Crippen molar-refractivity contribution in [1.29, 1.82) is 0 Å². The summed E-state index contributed by atoms with van der Waals surface area (Å²) < 4.78 is 15.7. The van der Waals surface area contributed by atoms with E-state index in [2.05, 4.69) is 20.5 Å². The zero-order chi connectivity index (χ0) is 19.9. The first-order valence-corrected chi connectivity index (χ1v) is 8.70. The second kappa shape index (κ2) is 8.90. The molecule has 2 aromatic carbocycles. The van der Waals surface area contributed by atoms with Gasteiger partial charge in [-0.3, -0.25) is 9.78 Å². The summed E-state index contributed by atoms with van der Waals surface area (Å²) in [6, 6.07) is 12.8. The Balaban J connectivity index is 1.64. The Morgan fingerprint density at radius 2 is 1.68 bits per heavy atom. The standard InChI is InChI=1S/C20H22N4O4/c1-26-15-7-5-14(6-8-15)18-19(25)22-20(24-23-18)21-11-10-13-4-9-16(27-2)17(12-13)28-3/h4-9,12H,10-11H2,1-3H3,(H2,21,22,24,25). The molecule has 0 aliphatic heterocycles. The Labute approximate surface area is 162 Å². The maximum atomic E-state index is 12.3. The van der Waals surface area contributed by atoms with E-state index in [0.29, 0.717) is 41.7 Å². The molecule has 3 rings (SSSR count). The molecule has 0 spiro atoms. The van der Waals surface area contributed by atoms with Crippen LogP contribution < -0.4 is 25.1 Å². The molecule has 8 nitrogen and oxygen atoms in total. The van der Waals surface area contributed by atoms with E-state index >= 15 is 0 Å². The highest BCUT2D eigenvalue weighted by molar-refractivity contribution is 5.58. The van der Waals surface area contributed by atoms with E-state index in [4.69, 9.17) is 14.2 Å². The quantitative estimate of drug-likeness (QED) is 0.618. The molecule has 0 aliphatic carbocycles. The monoisotopic (exact) mass is 382 g/mol. The summed E-state index contributed by atoms with van der Waals surface area (Å²) >= 11 is 0. The lowest BCUT2D eigenvalue weighted by molar-refractivity contribution is 0.354. The van der Waals surface area contributed by atoms with Gasteiger partial charge in [-0.15, -0.1) is 10.2 Å². The van der Waals surface area contributed by atoms with Crippen LogP contribution in [-0.2, 0) is 6.42 Å². The van der Waals surface area contributed by atoms with Crippen LogP contribution in [0, 0.1) is 0 Å². The van der Waals surface area contributed by atoms with Crippen molar-refractivity contribution >= 4 is 5.95 Å².